The first-order valence-corrected chi connectivity index (χ1v) is 22.8. The molecule has 1 aliphatic heterocycles. The normalized spacial score (nSPS) is 21.8. The molecule has 0 radical (unpaired) electrons. The Balaban J connectivity index is 1.49. The monoisotopic (exact) mass is 891 g/mol. The van der Waals surface area contributed by atoms with Crippen LogP contribution in [-0.4, -0.2) is 123 Å². The fourth-order valence-corrected chi connectivity index (χ4v) is 8.76. The third kappa shape index (κ3) is 14.8. The number of thioether (sulfide) groups is 1. The van der Waals surface area contributed by atoms with E-state index in [9.17, 15) is 57.9 Å². The number of nitrogens with one attached hydrogen (secondary N) is 2. The number of carbonyl (C=O) groups is 3. The first-order valence-electron chi connectivity index (χ1n) is 17.3. The van der Waals surface area contributed by atoms with Crippen LogP contribution in [0.25, 0.3) is 11.2 Å². The molecular formula is C29H48N7O17P3S. The third-order valence-corrected chi connectivity index (χ3v) is 12.0. The highest BCUT2D eigenvalue weighted by Crippen LogP contribution is 2.61. The summed E-state index contributed by atoms with van der Waals surface area (Å²) in [5.74, 6) is -1.10. The molecule has 10 N–H and O–H groups in total. The van der Waals surface area contributed by atoms with Crippen molar-refractivity contribution in [2.45, 2.75) is 84.0 Å². The average Bonchev–Trinajstić information content (AvgIpc) is 3.67. The predicted octanol–water partition coefficient (Wildman–Crippen LogP) is 0.801. The molecule has 3 heterocycles. The molecule has 2 aromatic rings. The minimum Gasteiger partial charge on any atom is -0.386 e. The predicted molar refractivity (Wildman–Crippen MR) is 200 cm³/mol. The lowest BCUT2D eigenvalue weighted by Gasteiger charge is -2.30. The Hall–Kier alpha value is -2.70. The van der Waals surface area contributed by atoms with E-state index < -0.39 is 84.6 Å². The Bertz CT molecular complexity index is 1900. The van der Waals surface area contributed by atoms with Crippen LogP contribution in [0.4, 0.5) is 5.82 Å². The van der Waals surface area contributed by atoms with Gasteiger partial charge in [-0.15, -0.1) is 0 Å². The number of hydrogen-bond acceptors (Lipinski definition) is 18. The molecule has 28 heteroatoms. The summed E-state index contributed by atoms with van der Waals surface area (Å²) in [6.07, 6.45) is -2.79. The smallest absolute Gasteiger partial charge is 0.386 e. The Morgan fingerprint density at radius 3 is 2.39 bits per heavy atom. The van der Waals surface area contributed by atoms with Gasteiger partial charge in [0.15, 0.2) is 17.7 Å². The van der Waals surface area contributed by atoms with Crippen LogP contribution in [0, 0.1) is 5.41 Å². The second-order valence-corrected chi connectivity index (χ2v) is 18.4. The number of nitrogen functional groups attached to an aromatic ring is 1. The van der Waals surface area contributed by atoms with Gasteiger partial charge in [-0.2, -0.15) is 4.31 Å². The highest BCUT2D eigenvalue weighted by atomic mass is 32.2. The Morgan fingerprint density at radius 1 is 1.05 bits per heavy atom. The minimum absolute atomic E-state index is 0.0309. The Labute approximate surface area is 330 Å². The standard InChI is InChI=1S/C29H48N7O17P3S/c1-5-7-17(8-6-2)28(41)57-12-11-31-19(37)9-10-32-26(40)23(39)29(3,4)14-50-56(47,48)53-55(45,46)49-13-18-22(52-54(42,43)44)21(38)27(51-18)36-16-35-20-24(30)33-15-34-25(20)36/h7,15-16,18,21-23,27,38-39H,5-6,8-14H2,1-4H3,(H,31,37)(H,32,40)(H,45,46)(H,47,48)(H2,30,33,34)(H2,42,43,44)/b17-7+. The summed E-state index contributed by atoms with van der Waals surface area (Å²) in [5.41, 5.74) is 5.00. The lowest BCUT2D eigenvalue weighted by atomic mass is 9.87. The van der Waals surface area contributed by atoms with Crippen molar-refractivity contribution in [3.63, 3.8) is 0 Å². The number of ether oxygens (including phenoxy) is 1. The van der Waals surface area contributed by atoms with Crippen molar-refractivity contribution in [3.05, 3.63) is 24.3 Å². The van der Waals surface area contributed by atoms with Crippen molar-refractivity contribution in [3.8, 4) is 0 Å². The Morgan fingerprint density at radius 2 is 1.74 bits per heavy atom. The first-order chi connectivity index (χ1) is 26.5. The van der Waals surface area contributed by atoms with E-state index in [2.05, 4.69) is 34.4 Å². The van der Waals surface area contributed by atoms with Crippen molar-refractivity contribution in [2.75, 3.05) is 37.8 Å². The minimum atomic E-state index is -5.57. The van der Waals surface area contributed by atoms with Gasteiger partial charge < -0.3 is 50.9 Å². The maximum absolute atomic E-state index is 12.7. The van der Waals surface area contributed by atoms with E-state index in [1.165, 1.54) is 13.8 Å². The summed E-state index contributed by atoms with van der Waals surface area (Å²) < 4.78 is 62.2. The summed E-state index contributed by atoms with van der Waals surface area (Å²) >= 11 is 1.09. The van der Waals surface area contributed by atoms with Crippen LogP contribution in [0.15, 0.2) is 24.3 Å². The van der Waals surface area contributed by atoms with Crippen molar-refractivity contribution >= 4 is 69.1 Å². The average molecular weight is 892 g/mol. The van der Waals surface area contributed by atoms with Gasteiger partial charge in [0.05, 0.1) is 19.5 Å². The number of aliphatic hydroxyl groups is 2. The first kappa shape index (κ1) is 48.7. The number of hydrogen-bond donors (Lipinski definition) is 9. The maximum Gasteiger partial charge on any atom is 0.481 e. The number of aliphatic hydroxyl groups excluding tert-OH is 2. The molecule has 1 aliphatic rings. The van der Waals surface area contributed by atoms with Crippen LogP contribution in [-0.2, 0) is 50.7 Å². The number of phosphoric ester groups is 3. The summed E-state index contributed by atoms with van der Waals surface area (Å²) in [6.45, 7) is 4.42. The largest absolute Gasteiger partial charge is 0.481 e. The van der Waals surface area contributed by atoms with Gasteiger partial charge in [0.1, 0.15) is 36.3 Å². The summed E-state index contributed by atoms with van der Waals surface area (Å²) in [7, 11) is -16.4. The fraction of sp³-hybridized carbons (Fsp3) is 0.655. The van der Waals surface area contributed by atoms with Crippen molar-refractivity contribution in [2.24, 2.45) is 5.41 Å². The van der Waals surface area contributed by atoms with Gasteiger partial charge in [-0.05, 0) is 12.8 Å². The topological polar surface area (TPSA) is 364 Å². The number of fused-ring (bicyclic) bond motifs is 1. The van der Waals surface area contributed by atoms with E-state index in [4.69, 9.17) is 19.5 Å². The summed E-state index contributed by atoms with van der Waals surface area (Å²) in [4.78, 5) is 88.1. The molecule has 57 heavy (non-hydrogen) atoms. The van der Waals surface area contributed by atoms with Crippen LogP contribution in [0.2, 0.25) is 0 Å². The van der Waals surface area contributed by atoms with Gasteiger partial charge in [-0.1, -0.05) is 52.0 Å². The lowest BCUT2D eigenvalue weighted by Crippen LogP contribution is -2.46. The molecule has 0 spiro atoms. The maximum atomic E-state index is 12.7. The molecule has 1 saturated heterocycles. The van der Waals surface area contributed by atoms with Crippen molar-refractivity contribution in [1.82, 2.24) is 30.2 Å². The summed E-state index contributed by atoms with van der Waals surface area (Å²) in [6, 6.07) is 0. The van der Waals surface area contributed by atoms with Crippen molar-refractivity contribution in [1.29, 1.82) is 0 Å². The number of aromatic nitrogens is 4. The van der Waals surface area contributed by atoms with Gasteiger partial charge in [-0.25, -0.2) is 28.6 Å². The molecule has 3 rings (SSSR count). The molecule has 0 aromatic carbocycles. The molecule has 24 nitrogen and oxygen atoms in total. The lowest BCUT2D eigenvalue weighted by molar-refractivity contribution is -0.137. The second-order valence-electron chi connectivity index (χ2n) is 13.1. The van der Waals surface area contributed by atoms with E-state index in [0.717, 1.165) is 47.4 Å². The SMILES string of the molecule is CC/C=C(\CCC)C(=O)SCCNC(=O)CCNC(=O)C(O)C(C)(C)COP(=O)(O)OP(=O)(O)OCC1OC(n2cnc3c(N)ncnc32)C(O)C1OP(=O)(O)O. The zero-order chi connectivity index (χ0) is 42.8. The zero-order valence-corrected chi connectivity index (χ0v) is 34.8. The number of carbonyl (C=O) groups excluding carboxylic acids is 3. The van der Waals surface area contributed by atoms with E-state index in [0.29, 0.717) is 12.2 Å². The van der Waals surface area contributed by atoms with Gasteiger partial charge in [0.2, 0.25) is 16.9 Å². The quantitative estimate of drug-likeness (QED) is 0.0423. The fourth-order valence-electron chi connectivity index (χ4n) is 5.17. The highest BCUT2D eigenvalue weighted by Gasteiger charge is 2.50. The number of rotatable bonds is 23. The number of nitrogens with zero attached hydrogens (tertiary/aromatic N) is 4. The number of imidazole rings is 1. The zero-order valence-electron chi connectivity index (χ0n) is 31.3. The molecule has 0 saturated carbocycles. The molecule has 2 amide bonds. The van der Waals surface area contributed by atoms with Crippen LogP contribution in [0.5, 0.6) is 0 Å². The molecule has 7 unspecified atom stereocenters. The molecule has 1 fully saturated rings. The van der Waals surface area contributed by atoms with Crippen LogP contribution in [0.3, 0.4) is 0 Å². The molecule has 0 aliphatic carbocycles. The Kier molecular flexibility index (Phi) is 17.9. The van der Waals surface area contributed by atoms with Gasteiger partial charge >= 0.3 is 23.5 Å². The number of amides is 2. The van der Waals surface area contributed by atoms with E-state index in [-0.39, 0.29) is 41.6 Å². The number of nitrogens with two attached hydrogens (primary N) is 1. The molecule has 322 valence electrons. The summed E-state index contributed by atoms with van der Waals surface area (Å²) in [5, 5.41) is 26.4. The van der Waals surface area contributed by atoms with Gasteiger partial charge in [0, 0.05) is 36.3 Å². The van der Waals surface area contributed by atoms with E-state index in [1.54, 1.807) is 0 Å². The van der Waals surface area contributed by atoms with Crippen LogP contribution < -0.4 is 16.4 Å². The second kappa shape index (κ2) is 21.0. The number of allylic oxidation sites excluding steroid dienone is 1. The molecule has 2 aromatic heterocycles. The van der Waals surface area contributed by atoms with Gasteiger partial charge in [-0.3, -0.25) is 32.5 Å². The van der Waals surface area contributed by atoms with Crippen LogP contribution >= 0.6 is 35.2 Å². The molecular weight excluding hydrogens is 843 g/mol. The number of phosphoric acid groups is 3. The van der Waals surface area contributed by atoms with Gasteiger partial charge in [0.25, 0.3) is 0 Å². The molecule has 7 atom stereocenters. The number of anilines is 1. The molecule has 0 bridgehead atoms. The third-order valence-electron chi connectivity index (χ3n) is 7.97. The van der Waals surface area contributed by atoms with E-state index >= 15 is 0 Å². The highest BCUT2D eigenvalue weighted by molar-refractivity contribution is 8.14. The van der Waals surface area contributed by atoms with E-state index in [1.807, 2.05) is 19.9 Å². The van der Waals surface area contributed by atoms with Crippen LogP contribution in [0.1, 0.15) is 59.6 Å². The van der Waals surface area contributed by atoms with Crippen molar-refractivity contribution < 1.29 is 80.5 Å².